The van der Waals surface area contributed by atoms with Crippen LogP contribution < -0.4 is 9.44 Å². The molecule has 1 aromatic heterocycles. The van der Waals surface area contributed by atoms with Crippen LogP contribution in [0.25, 0.3) is 0 Å². The van der Waals surface area contributed by atoms with Crippen LogP contribution in [-0.4, -0.2) is 31.6 Å². The maximum atomic E-state index is 11.1. The number of anilines is 1. The van der Waals surface area contributed by atoms with Crippen LogP contribution >= 0.6 is 0 Å². The Morgan fingerprint density at radius 2 is 2.36 bits per heavy atom. The smallest absolute Gasteiger partial charge is 0.422 e. The molecule has 0 atom stereocenters. The largest absolute Gasteiger partial charge is 0.452 e. The summed E-state index contributed by atoms with van der Waals surface area (Å²) in [7, 11) is -2.93. The molecule has 0 saturated heterocycles. The Labute approximate surface area is 79.9 Å². The van der Waals surface area contributed by atoms with E-state index in [1.165, 1.54) is 12.4 Å². The zero-order valence-corrected chi connectivity index (χ0v) is 7.96. The van der Waals surface area contributed by atoms with Crippen LogP contribution in [0.15, 0.2) is 12.4 Å². The Bertz CT molecular complexity index is 397. The van der Waals surface area contributed by atoms with Gasteiger partial charge in [-0.15, -0.1) is 0 Å². The van der Waals surface area contributed by atoms with Crippen molar-refractivity contribution in [1.82, 2.24) is 14.7 Å². The first kappa shape index (κ1) is 10.3. The Hall–Kier alpha value is -1.77. The quantitative estimate of drug-likeness (QED) is 0.630. The molecule has 78 valence electrons. The molecule has 3 N–H and O–H groups in total. The van der Waals surface area contributed by atoms with Crippen molar-refractivity contribution in [2.24, 2.45) is 0 Å². The van der Waals surface area contributed by atoms with Crippen molar-refractivity contribution >= 4 is 22.3 Å². The fourth-order valence-electron chi connectivity index (χ4n) is 0.625. The topological polar surface area (TPSA) is 113 Å². The third-order valence-corrected chi connectivity index (χ3v) is 2.03. The second kappa shape index (κ2) is 3.96. The van der Waals surface area contributed by atoms with Crippen LogP contribution in [0.1, 0.15) is 0 Å². The van der Waals surface area contributed by atoms with Crippen LogP contribution in [0, 0.1) is 0 Å². The maximum Gasteiger partial charge on any atom is 0.422 e. The number of carbonyl (C=O) groups is 1. The van der Waals surface area contributed by atoms with E-state index >= 15 is 0 Å². The van der Waals surface area contributed by atoms with Crippen LogP contribution in [0.2, 0.25) is 0 Å². The minimum atomic E-state index is -3.98. The van der Waals surface area contributed by atoms with Crippen LogP contribution in [0.4, 0.5) is 10.7 Å². The van der Waals surface area contributed by atoms with Gasteiger partial charge in [-0.1, -0.05) is 0 Å². The summed E-state index contributed by atoms with van der Waals surface area (Å²) in [5.74, 6) is 0.00130. The number of amides is 1. The molecule has 0 unspecified atom stereocenters. The molecular weight excluding hydrogens is 212 g/mol. The third-order valence-electron chi connectivity index (χ3n) is 1.13. The third kappa shape index (κ3) is 2.94. The first-order chi connectivity index (χ1) is 6.53. The second-order valence-electron chi connectivity index (χ2n) is 2.14. The van der Waals surface area contributed by atoms with Crippen molar-refractivity contribution in [3.63, 3.8) is 0 Å². The number of nitrogens with zero attached hydrogens (tertiary/aromatic N) is 1. The molecule has 14 heavy (non-hydrogen) atoms. The van der Waals surface area contributed by atoms with E-state index in [1.807, 2.05) is 4.72 Å². The van der Waals surface area contributed by atoms with Crippen LogP contribution in [-0.2, 0) is 14.9 Å². The van der Waals surface area contributed by atoms with Crippen molar-refractivity contribution in [2.75, 3.05) is 11.8 Å². The van der Waals surface area contributed by atoms with Crippen LogP contribution in [0.5, 0.6) is 0 Å². The van der Waals surface area contributed by atoms with E-state index in [0.717, 1.165) is 7.11 Å². The summed E-state index contributed by atoms with van der Waals surface area (Å²) in [4.78, 5) is 16.7. The monoisotopic (exact) mass is 220 g/mol. The lowest BCUT2D eigenvalue weighted by molar-refractivity contribution is 0.177. The first-order valence-corrected chi connectivity index (χ1v) is 4.90. The van der Waals surface area contributed by atoms with Gasteiger partial charge in [0.1, 0.15) is 0 Å². The van der Waals surface area contributed by atoms with Crippen molar-refractivity contribution in [3.05, 3.63) is 12.4 Å². The highest BCUT2D eigenvalue weighted by molar-refractivity contribution is 7.91. The maximum absolute atomic E-state index is 11.1. The zero-order valence-electron chi connectivity index (χ0n) is 7.14. The Morgan fingerprint density at radius 3 is 2.86 bits per heavy atom. The molecule has 9 heteroatoms. The van der Waals surface area contributed by atoms with E-state index in [2.05, 4.69) is 14.7 Å². The van der Waals surface area contributed by atoms with E-state index < -0.39 is 16.3 Å². The van der Waals surface area contributed by atoms with Gasteiger partial charge in [-0.3, -0.25) is 0 Å². The highest BCUT2D eigenvalue weighted by atomic mass is 32.2. The predicted molar refractivity (Wildman–Crippen MR) is 46.7 cm³/mol. The highest BCUT2D eigenvalue weighted by Gasteiger charge is 2.14. The molecule has 1 aromatic rings. The van der Waals surface area contributed by atoms with Gasteiger partial charge < -0.3 is 9.72 Å². The first-order valence-electron chi connectivity index (χ1n) is 3.41. The molecule has 1 rings (SSSR count). The summed E-state index contributed by atoms with van der Waals surface area (Å²) < 4.78 is 29.8. The fraction of sp³-hybridized carbons (Fsp3) is 0.200. The number of aromatic nitrogens is 2. The van der Waals surface area contributed by atoms with E-state index in [0.29, 0.717) is 0 Å². The number of aromatic amines is 1. The Morgan fingerprint density at radius 1 is 1.64 bits per heavy atom. The summed E-state index contributed by atoms with van der Waals surface area (Å²) in [6, 6.07) is 0. The van der Waals surface area contributed by atoms with Gasteiger partial charge in [0.25, 0.3) is 0 Å². The average molecular weight is 220 g/mol. The van der Waals surface area contributed by atoms with E-state index in [9.17, 15) is 13.2 Å². The summed E-state index contributed by atoms with van der Waals surface area (Å²) in [6.45, 7) is 0. The fourth-order valence-corrected chi connectivity index (χ4v) is 1.35. The molecule has 0 saturated carbocycles. The molecule has 0 aliphatic heterocycles. The summed E-state index contributed by atoms with van der Waals surface area (Å²) in [6.07, 6.45) is 1.70. The molecule has 1 heterocycles. The Balaban J connectivity index is 2.64. The van der Waals surface area contributed by atoms with Gasteiger partial charge in [0.05, 0.1) is 7.11 Å². The zero-order chi connectivity index (χ0) is 10.6. The Kier molecular flexibility index (Phi) is 2.92. The van der Waals surface area contributed by atoms with Crippen molar-refractivity contribution in [2.45, 2.75) is 0 Å². The SMILES string of the molecule is COC(=O)NS(=O)(=O)Nc1ncc[nH]1. The number of hydrogen-bond acceptors (Lipinski definition) is 5. The molecular formula is C5H8N4O4S. The highest BCUT2D eigenvalue weighted by Crippen LogP contribution is 1.97. The van der Waals surface area contributed by atoms with Gasteiger partial charge in [0.2, 0.25) is 5.95 Å². The average Bonchev–Trinajstić information content (AvgIpc) is 2.54. The lowest BCUT2D eigenvalue weighted by atomic mass is 11.0. The number of H-pyrrole nitrogens is 1. The lowest BCUT2D eigenvalue weighted by Crippen LogP contribution is -2.35. The normalized spacial score (nSPS) is 10.6. The number of imidazole rings is 1. The molecule has 8 nitrogen and oxygen atoms in total. The molecule has 1 amide bonds. The minimum Gasteiger partial charge on any atom is -0.452 e. The summed E-state index contributed by atoms with van der Waals surface area (Å²) in [5, 5.41) is 0. The molecule has 0 fully saturated rings. The van der Waals surface area contributed by atoms with Crippen LogP contribution in [0.3, 0.4) is 0 Å². The molecule has 0 aliphatic rings. The van der Waals surface area contributed by atoms with E-state index in [-0.39, 0.29) is 5.95 Å². The second-order valence-corrected chi connectivity index (χ2v) is 3.55. The standard InChI is InChI=1S/C5H8N4O4S/c1-13-5(10)9-14(11,12)8-4-6-2-3-7-4/h2-3H,1H3,(H,9,10)(H2,6,7,8). The molecule has 0 spiro atoms. The van der Waals surface area contributed by atoms with Crippen molar-refractivity contribution < 1.29 is 17.9 Å². The molecule has 0 aromatic carbocycles. The lowest BCUT2D eigenvalue weighted by Gasteiger charge is -2.05. The van der Waals surface area contributed by atoms with Gasteiger partial charge in [0.15, 0.2) is 0 Å². The predicted octanol–water partition coefficient (Wildman–Crippen LogP) is -0.578. The number of rotatable bonds is 3. The number of methoxy groups -OCH3 is 1. The van der Waals surface area contributed by atoms with Gasteiger partial charge in [-0.05, 0) is 0 Å². The van der Waals surface area contributed by atoms with Gasteiger partial charge >= 0.3 is 16.3 Å². The molecule has 0 aliphatic carbocycles. The molecule has 0 bridgehead atoms. The van der Waals surface area contributed by atoms with E-state index in [1.54, 1.807) is 4.72 Å². The van der Waals surface area contributed by atoms with Crippen molar-refractivity contribution in [3.8, 4) is 0 Å². The van der Waals surface area contributed by atoms with Gasteiger partial charge in [-0.2, -0.15) is 8.42 Å². The van der Waals surface area contributed by atoms with Crippen molar-refractivity contribution in [1.29, 1.82) is 0 Å². The number of carbonyl (C=O) groups excluding carboxylic acids is 1. The summed E-state index contributed by atoms with van der Waals surface area (Å²) in [5.41, 5.74) is 0. The minimum absolute atomic E-state index is 0.00130. The molecule has 0 radical (unpaired) electrons. The summed E-state index contributed by atoms with van der Waals surface area (Å²) >= 11 is 0. The number of hydrogen-bond donors (Lipinski definition) is 3. The van der Waals surface area contributed by atoms with Gasteiger partial charge in [0, 0.05) is 12.4 Å². The number of ether oxygens (including phenoxy) is 1. The van der Waals surface area contributed by atoms with E-state index in [4.69, 9.17) is 0 Å². The number of nitrogens with one attached hydrogen (secondary N) is 3. The van der Waals surface area contributed by atoms with Gasteiger partial charge in [-0.25, -0.2) is 19.2 Å².